The number of rotatable bonds is 3. The molecular weight excluding hydrogens is 226 g/mol. The summed E-state index contributed by atoms with van der Waals surface area (Å²) in [5, 5.41) is 12.6. The fourth-order valence-electron chi connectivity index (χ4n) is 1.72. The zero-order valence-electron chi connectivity index (χ0n) is 10.1. The Morgan fingerprint density at radius 3 is 2.50 bits per heavy atom. The largest absolute Gasteiger partial charge is 0.378 e. The maximum atomic E-state index is 11.9. The summed E-state index contributed by atoms with van der Waals surface area (Å²) < 4.78 is 0. The lowest BCUT2D eigenvalue weighted by molar-refractivity contribution is -0.124. The fourth-order valence-corrected chi connectivity index (χ4v) is 1.72. The van der Waals surface area contributed by atoms with Crippen LogP contribution in [0.5, 0.6) is 0 Å². The second-order valence-electron chi connectivity index (χ2n) is 4.17. The minimum atomic E-state index is -1.15. The topological polar surface area (TPSA) is 49.3 Å². The van der Waals surface area contributed by atoms with Crippen LogP contribution in [0.3, 0.4) is 0 Å². The highest BCUT2D eigenvalue weighted by Crippen LogP contribution is 2.16. The number of carbonyl (C=O) groups excluding carboxylic acids is 1. The van der Waals surface area contributed by atoms with E-state index in [0.29, 0.717) is 11.3 Å². The first-order valence-electron chi connectivity index (χ1n) is 5.77. The lowest BCUT2D eigenvalue weighted by Gasteiger charge is -2.11. The van der Waals surface area contributed by atoms with Gasteiger partial charge in [0.05, 0.1) is 0 Å². The lowest BCUT2D eigenvalue weighted by atomic mass is 10.1. The first-order chi connectivity index (χ1) is 8.66. The second kappa shape index (κ2) is 5.47. The molecule has 0 aromatic heterocycles. The van der Waals surface area contributed by atoms with Crippen LogP contribution in [0.25, 0.3) is 0 Å². The summed E-state index contributed by atoms with van der Waals surface area (Å²) in [4.78, 5) is 11.9. The molecule has 1 atom stereocenters. The van der Waals surface area contributed by atoms with Crippen LogP contribution in [0.1, 0.15) is 17.2 Å². The average molecular weight is 241 g/mol. The number of aliphatic hydroxyl groups excluding tert-OH is 1. The van der Waals surface area contributed by atoms with Crippen molar-refractivity contribution in [2.75, 3.05) is 5.32 Å². The average Bonchev–Trinajstić information content (AvgIpc) is 2.39. The molecule has 0 aliphatic heterocycles. The van der Waals surface area contributed by atoms with E-state index in [2.05, 4.69) is 5.32 Å². The van der Waals surface area contributed by atoms with Crippen LogP contribution in [0.4, 0.5) is 5.69 Å². The predicted octanol–water partition coefficient (Wildman–Crippen LogP) is 2.67. The number of hydrogen-bond acceptors (Lipinski definition) is 2. The number of aliphatic hydroxyl groups is 1. The molecule has 0 aliphatic rings. The molecule has 1 amide bonds. The number of anilines is 1. The Morgan fingerprint density at radius 1 is 1.11 bits per heavy atom. The maximum absolute atomic E-state index is 11.9. The Balaban J connectivity index is 2.09. The van der Waals surface area contributed by atoms with Gasteiger partial charge in [-0.05, 0) is 30.2 Å². The fraction of sp³-hybridized carbons (Fsp3) is 0.133. The number of carbonyl (C=O) groups is 1. The van der Waals surface area contributed by atoms with E-state index in [9.17, 15) is 9.90 Å². The summed E-state index contributed by atoms with van der Waals surface area (Å²) in [7, 11) is 0. The van der Waals surface area contributed by atoms with Gasteiger partial charge in [-0.25, -0.2) is 0 Å². The Hall–Kier alpha value is -2.13. The van der Waals surface area contributed by atoms with Gasteiger partial charge in [0, 0.05) is 5.69 Å². The van der Waals surface area contributed by atoms with E-state index in [1.54, 1.807) is 30.3 Å². The minimum absolute atomic E-state index is 0.424. The Kier molecular flexibility index (Phi) is 3.75. The standard InChI is InChI=1S/C15H15NO2/c1-11-6-5-9-13(10-11)16-15(18)14(17)12-7-3-2-4-8-12/h2-10,14,17H,1H3,(H,16,18)/t14-/m0/s1. The molecule has 0 bridgehead atoms. The van der Waals surface area contributed by atoms with Gasteiger partial charge in [-0.1, -0.05) is 42.5 Å². The molecule has 2 aromatic carbocycles. The van der Waals surface area contributed by atoms with Crippen LogP contribution < -0.4 is 5.32 Å². The SMILES string of the molecule is Cc1cccc(NC(=O)[C@@H](O)c2ccccc2)c1. The van der Waals surface area contributed by atoms with Crippen molar-refractivity contribution in [3.05, 3.63) is 65.7 Å². The molecule has 0 fully saturated rings. The predicted molar refractivity (Wildman–Crippen MR) is 71.2 cm³/mol. The Labute approximate surface area is 106 Å². The van der Waals surface area contributed by atoms with Crippen LogP contribution in [0.2, 0.25) is 0 Å². The smallest absolute Gasteiger partial charge is 0.257 e. The van der Waals surface area contributed by atoms with Gasteiger partial charge in [-0.2, -0.15) is 0 Å². The van der Waals surface area contributed by atoms with Gasteiger partial charge < -0.3 is 10.4 Å². The monoisotopic (exact) mass is 241 g/mol. The van der Waals surface area contributed by atoms with Crippen LogP contribution in [-0.4, -0.2) is 11.0 Å². The Bertz CT molecular complexity index is 537. The van der Waals surface area contributed by atoms with Gasteiger partial charge in [-0.3, -0.25) is 4.79 Å². The molecule has 2 rings (SSSR count). The van der Waals surface area contributed by atoms with Gasteiger partial charge in [0.15, 0.2) is 6.10 Å². The Morgan fingerprint density at radius 2 is 1.83 bits per heavy atom. The van der Waals surface area contributed by atoms with Crippen molar-refractivity contribution in [1.29, 1.82) is 0 Å². The quantitative estimate of drug-likeness (QED) is 0.868. The number of benzene rings is 2. The molecule has 2 N–H and O–H groups in total. The van der Waals surface area contributed by atoms with Crippen LogP contribution >= 0.6 is 0 Å². The van der Waals surface area contributed by atoms with Crippen molar-refractivity contribution in [2.45, 2.75) is 13.0 Å². The molecule has 3 heteroatoms. The zero-order chi connectivity index (χ0) is 13.0. The van der Waals surface area contributed by atoms with E-state index < -0.39 is 12.0 Å². The van der Waals surface area contributed by atoms with Crippen molar-refractivity contribution in [1.82, 2.24) is 0 Å². The first-order valence-corrected chi connectivity index (χ1v) is 5.77. The molecule has 0 saturated carbocycles. The maximum Gasteiger partial charge on any atom is 0.257 e. The minimum Gasteiger partial charge on any atom is -0.378 e. The molecule has 18 heavy (non-hydrogen) atoms. The van der Waals surface area contributed by atoms with Gasteiger partial charge in [-0.15, -0.1) is 0 Å². The second-order valence-corrected chi connectivity index (χ2v) is 4.17. The van der Waals surface area contributed by atoms with E-state index in [0.717, 1.165) is 5.56 Å². The summed E-state index contributed by atoms with van der Waals surface area (Å²) in [6.45, 7) is 1.95. The summed E-state index contributed by atoms with van der Waals surface area (Å²) >= 11 is 0. The first kappa shape index (κ1) is 12.3. The van der Waals surface area contributed by atoms with Crippen LogP contribution in [0.15, 0.2) is 54.6 Å². The third kappa shape index (κ3) is 2.96. The normalized spacial score (nSPS) is 11.9. The summed E-state index contributed by atoms with van der Waals surface area (Å²) in [6.07, 6.45) is -1.15. The molecule has 0 saturated heterocycles. The van der Waals surface area contributed by atoms with Gasteiger partial charge in [0.25, 0.3) is 5.91 Å². The highest BCUT2D eigenvalue weighted by molar-refractivity contribution is 5.94. The highest BCUT2D eigenvalue weighted by Gasteiger charge is 2.16. The summed E-state index contributed by atoms with van der Waals surface area (Å²) in [5.74, 6) is -0.424. The third-order valence-corrected chi connectivity index (χ3v) is 2.65. The summed E-state index contributed by atoms with van der Waals surface area (Å²) in [5.41, 5.74) is 2.33. The molecule has 0 radical (unpaired) electrons. The van der Waals surface area contributed by atoms with Gasteiger partial charge in [0.2, 0.25) is 0 Å². The number of amides is 1. The van der Waals surface area contributed by atoms with Crippen LogP contribution in [-0.2, 0) is 4.79 Å². The van der Waals surface area contributed by atoms with Crippen LogP contribution in [0, 0.1) is 6.92 Å². The highest BCUT2D eigenvalue weighted by atomic mass is 16.3. The lowest BCUT2D eigenvalue weighted by Crippen LogP contribution is -2.20. The number of nitrogens with one attached hydrogen (secondary N) is 1. The summed E-state index contributed by atoms with van der Waals surface area (Å²) in [6, 6.07) is 16.3. The number of aryl methyl sites for hydroxylation is 1. The van der Waals surface area contributed by atoms with Gasteiger partial charge >= 0.3 is 0 Å². The van der Waals surface area contributed by atoms with Gasteiger partial charge in [0.1, 0.15) is 0 Å². The third-order valence-electron chi connectivity index (χ3n) is 2.65. The molecule has 0 heterocycles. The molecule has 0 unspecified atom stereocenters. The van der Waals surface area contributed by atoms with Crippen molar-refractivity contribution >= 4 is 11.6 Å². The zero-order valence-corrected chi connectivity index (χ0v) is 10.1. The van der Waals surface area contributed by atoms with Crippen molar-refractivity contribution in [2.24, 2.45) is 0 Å². The van der Waals surface area contributed by atoms with Crippen molar-refractivity contribution in [3.8, 4) is 0 Å². The van der Waals surface area contributed by atoms with E-state index >= 15 is 0 Å². The van der Waals surface area contributed by atoms with Crippen molar-refractivity contribution in [3.63, 3.8) is 0 Å². The molecule has 0 spiro atoms. The van der Waals surface area contributed by atoms with E-state index in [1.165, 1.54) is 0 Å². The molecule has 0 aliphatic carbocycles. The molecule has 2 aromatic rings. The van der Waals surface area contributed by atoms with Crippen molar-refractivity contribution < 1.29 is 9.90 Å². The van der Waals surface area contributed by atoms with E-state index in [-0.39, 0.29) is 0 Å². The van der Waals surface area contributed by atoms with E-state index in [1.807, 2.05) is 31.2 Å². The molecule has 3 nitrogen and oxygen atoms in total. The molecular formula is C15H15NO2. The number of hydrogen-bond donors (Lipinski definition) is 2. The molecule has 92 valence electrons. The van der Waals surface area contributed by atoms with E-state index in [4.69, 9.17) is 0 Å².